The Morgan fingerprint density at radius 2 is 1.46 bits per heavy atom. The van der Waals surface area contributed by atoms with Crippen molar-refractivity contribution >= 4 is 23.6 Å². The Kier molecular flexibility index (Phi) is 10.8. The molecule has 2 fully saturated rings. The Hall–Kier alpha value is -4.74. The number of carbonyl (C=O) groups excluding carboxylic acids is 4. The number of aliphatic hydroxyl groups is 2. The van der Waals surface area contributed by atoms with Crippen molar-refractivity contribution in [2.24, 2.45) is 17.8 Å². The van der Waals surface area contributed by atoms with Crippen LogP contribution in [0.25, 0.3) is 0 Å². The van der Waals surface area contributed by atoms with Gasteiger partial charge in [-0.15, -0.1) is 0 Å². The number of benzene rings is 3. The number of hydrogen-bond donors (Lipinski definition) is 5. The van der Waals surface area contributed by atoms with Crippen molar-refractivity contribution < 1.29 is 34.1 Å². The summed E-state index contributed by atoms with van der Waals surface area (Å²) in [7, 11) is 0. The number of nitrogens with one attached hydrogen (secondary N) is 3. The summed E-state index contributed by atoms with van der Waals surface area (Å²) in [4.78, 5) is 57.5. The van der Waals surface area contributed by atoms with Gasteiger partial charge in [-0.3, -0.25) is 19.2 Å². The molecule has 5 N–H and O–H groups in total. The molecule has 1 saturated carbocycles. The van der Waals surface area contributed by atoms with E-state index in [0.29, 0.717) is 49.4 Å². The molecule has 0 spiro atoms. The number of rotatable bonds is 5. The van der Waals surface area contributed by atoms with E-state index in [9.17, 15) is 29.4 Å². The van der Waals surface area contributed by atoms with Crippen molar-refractivity contribution in [3.8, 4) is 11.5 Å². The summed E-state index contributed by atoms with van der Waals surface area (Å²) in [6.45, 7) is 4.75. The molecular formula is C39H46N4O7. The maximum Gasteiger partial charge on any atom is 0.252 e. The van der Waals surface area contributed by atoms with Crippen molar-refractivity contribution in [1.29, 1.82) is 0 Å². The fourth-order valence-corrected chi connectivity index (χ4v) is 7.32. The van der Waals surface area contributed by atoms with E-state index < -0.39 is 48.1 Å². The first-order valence-corrected chi connectivity index (χ1v) is 17.5. The summed E-state index contributed by atoms with van der Waals surface area (Å²) < 4.78 is 6.06. The smallest absolute Gasteiger partial charge is 0.252 e. The lowest BCUT2D eigenvalue weighted by Gasteiger charge is -2.31. The van der Waals surface area contributed by atoms with Crippen LogP contribution in [-0.4, -0.2) is 82.2 Å². The van der Waals surface area contributed by atoms with E-state index in [1.54, 1.807) is 41.3 Å². The standard InChI is InChI=1S/C39H46N4O7/c1-23(2)15-31-37(47)42-33(39(49)43-21-27-19-34(44)35(45)20-28(27)22-43)17-25-11-13-29(14-12-25)50-30-10-6-9-26(18-30)36(46)40-32(38(48)41-31)16-24-7-4-3-5-8-24/h3-14,18,23,27-28,31-35,44-45H,15-17,19-22H2,1-2H3,(H,40,46)(H,41,48)(H,42,47)/t27-,28+,31-,32+,33-,34+,35-/m0/s1. The molecule has 7 atom stereocenters. The third-order valence-electron chi connectivity index (χ3n) is 9.98. The molecule has 4 aliphatic rings. The molecule has 3 aromatic rings. The van der Waals surface area contributed by atoms with E-state index in [0.717, 1.165) is 11.1 Å². The van der Waals surface area contributed by atoms with Crippen molar-refractivity contribution in [3.63, 3.8) is 0 Å². The van der Waals surface area contributed by atoms with Crippen LogP contribution >= 0.6 is 0 Å². The Balaban J connectivity index is 1.32. The molecule has 1 aliphatic carbocycles. The van der Waals surface area contributed by atoms with Crippen LogP contribution in [0.4, 0.5) is 0 Å². The molecule has 11 nitrogen and oxygen atoms in total. The quantitative estimate of drug-likeness (QED) is 0.259. The van der Waals surface area contributed by atoms with Gasteiger partial charge < -0.3 is 35.8 Å². The van der Waals surface area contributed by atoms with Crippen LogP contribution in [0, 0.1) is 17.8 Å². The van der Waals surface area contributed by atoms with Gasteiger partial charge in [0, 0.05) is 31.5 Å². The summed E-state index contributed by atoms with van der Waals surface area (Å²) in [5.74, 6) is -0.621. The van der Waals surface area contributed by atoms with Gasteiger partial charge in [0.25, 0.3) is 5.91 Å². The second-order valence-electron chi connectivity index (χ2n) is 14.3. The molecular weight excluding hydrogens is 636 g/mol. The van der Waals surface area contributed by atoms with Crippen molar-refractivity contribution in [2.45, 2.75) is 76.3 Å². The van der Waals surface area contributed by atoms with Crippen molar-refractivity contribution in [2.75, 3.05) is 13.1 Å². The largest absolute Gasteiger partial charge is 0.457 e. The summed E-state index contributed by atoms with van der Waals surface area (Å²) >= 11 is 0. The zero-order valence-corrected chi connectivity index (χ0v) is 28.5. The number of aliphatic hydroxyl groups excluding tert-OH is 2. The Morgan fingerprint density at radius 1 is 0.800 bits per heavy atom. The summed E-state index contributed by atoms with van der Waals surface area (Å²) in [5, 5.41) is 29.3. The van der Waals surface area contributed by atoms with Crippen molar-refractivity contribution in [3.05, 3.63) is 95.6 Å². The first-order chi connectivity index (χ1) is 24.0. The average Bonchev–Trinajstić information content (AvgIpc) is 3.50. The SMILES string of the molecule is CC(C)C[C@@H]1NC(=O)[C@@H](Cc2ccccc2)NC(=O)c2cccc(c2)Oc2ccc(cc2)C[C@@H](C(=O)N2C[C@H]3C[C@H](O)[C@H](O)C[C@H]3C2)NC1=O. The van der Waals surface area contributed by atoms with Gasteiger partial charge in [0.15, 0.2) is 0 Å². The lowest BCUT2D eigenvalue weighted by Crippen LogP contribution is -2.58. The second-order valence-corrected chi connectivity index (χ2v) is 14.3. The molecule has 11 heteroatoms. The summed E-state index contributed by atoms with van der Waals surface area (Å²) in [6, 6.07) is 20.3. The molecule has 4 bridgehead atoms. The topological polar surface area (TPSA) is 157 Å². The van der Waals surface area contributed by atoms with E-state index in [1.807, 2.05) is 56.3 Å². The lowest BCUT2D eigenvalue weighted by atomic mass is 9.79. The van der Waals surface area contributed by atoms with E-state index in [4.69, 9.17) is 4.74 Å². The van der Waals surface area contributed by atoms with Crippen LogP contribution in [0.5, 0.6) is 11.5 Å². The minimum Gasteiger partial charge on any atom is -0.457 e. The molecule has 1 saturated heterocycles. The molecule has 4 amide bonds. The molecule has 3 aliphatic heterocycles. The summed E-state index contributed by atoms with van der Waals surface area (Å²) in [6.07, 6.45) is -0.102. The normalized spacial score (nSPS) is 27.3. The van der Waals surface area contributed by atoms with Crippen LogP contribution in [-0.2, 0) is 27.2 Å². The fourth-order valence-electron chi connectivity index (χ4n) is 7.32. The van der Waals surface area contributed by atoms with Gasteiger partial charge in [-0.1, -0.05) is 62.4 Å². The van der Waals surface area contributed by atoms with Crippen molar-refractivity contribution in [1.82, 2.24) is 20.9 Å². The Bertz CT molecular complexity index is 1660. The number of carbonyl (C=O) groups is 4. The highest BCUT2D eigenvalue weighted by Crippen LogP contribution is 2.37. The number of nitrogens with zero attached hydrogens (tertiary/aromatic N) is 1. The fraction of sp³-hybridized carbons (Fsp3) is 0.436. The van der Waals surface area contributed by atoms with Gasteiger partial charge >= 0.3 is 0 Å². The number of fused-ring (bicyclic) bond motifs is 12. The highest BCUT2D eigenvalue weighted by molar-refractivity contribution is 5.99. The predicted molar refractivity (Wildman–Crippen MR) is 186 cm³/mol. The third-order valence-corrected chi connectivity index (χ3v) is 9.98. The van der Waals surface area contributed by atoms with Crippen LogP contribution in [0.2, 0.25) is 0 Å². The molecule has 0 aromatic heterocycles. The molecule has 7 rings (SSSR count). The zero-order valence-electron chi connectivity index (χ0n) is 28.5. The van der Waals surface area contributed by atoms with E-state index in [2.05, 4.69) is 16.0 Å². The monoisotopic (exact) mass is 682 g/mol. The number of amides is 4. The van der Waals surface area contributed by atoms with Crippen LogP contribution in [0.3, 0.4) is 0 Å². The third kappa shape index (κ3) is 8.51. The summed E-state index contributed by atoms with van der Waals surface area (Å²) in [5.41, 5.74) is 1.94. The highest BCUT2D eigenvalue weighted by atomic mass is 16.5. The maximum absolute atomic E-state index is 14.2. The van der Waals surface area contributed by atoms with E-state index in [1.165, 1.54) is 0 Å². The molecule has 264 valence electrons. The molecule has 3 heterocycles. The maximum atomic E-state index is 14.2. The van der Waals surface area contributed by atoms with Gasteiger partial charge in [-0.25, -0.2) is 0 Å². The minimum absolute atomic E-state index is 0.0232. The van der Waals surface area contributed by atoms with Gasteiger partial charge in [-0.05, 0) is 78.5 Å². The Morgan fingerprint density at radius 3 is 2.12 bits per heavy atom. The minimum atomic E-state index is -1.00. The molecule has 3 aromatic carbocycles. The van der Waals surface area contributed by atoms with Gasteiger partial charge in [-0.2, -0.15) is 0 Å². The zero-order chi connectivity index (χ0) is 35.4. The molecule has 50 heavy (non-hydrogen) atoms. The number of likely N-dealkylation sites (tertiary alicyclic amines) is 1. The highest BCUT2D eigenvalue weighted by Gasteiger charge is 2.44. The van der Waals surface area contributed by atoms with Gasteiger partial charge in [0.2, 0.25) is 17.7 Å². The van der Waals surface area contributed by atoms with Crippen LogP contribution < -0.4 is 20.7 Å². The molecule has 0 radical (unpaired) electrons. The number of hydrogen-bond acceptors (Lipinski definition) is 7. The van der Waals surface area contributed by atoms with E-state index >= 15 is 0 Å². The van der Waals surface area contributed by atoms with E-state index in [-0.39, 0.29) is 36.5 Å². The number of ether oxygens (including phenoxy) is 1. The average molecular weight is 683 g/mol. The van der Waals surface area contributed by atoms with Gasteiger partial charge in [0.05, 0.1) is 12.2 Å². The first kappa shape index (κ1) is 35.1. The lowest BCUT2D eigenvalue weighted by molar-refractivity contribution is -0.137. The predicted octanol–water partition coefficient (Wildman–Crippen LogP) is 2.98. The second kappa shape index (κ2) is 15.4. The molecule has 0 unspecified atom stereocenters. The first-order valence-electron chi connectivity index (χ1n) is 17.5. The van der Waals surface area contributed by atoms with Gasteiger partial charge in [0.1, 0.15) is 29.6 Å². The van der Waals surface area contributed by atoms with Crippen LogP contribution in [0.1, 0.15) is 54.6 Å². The van der Waals surface area contributed by atoms with Crippen LogP contribution in [0.15, 0.2) is 78.9 Å². The Labute approximate surface area is 292 Å².